The summed E-state index contributed by atoms with van der Waals surface area (Å²) in [5.74, 6) is 1.37. The molecule has 1 saturated heterocycles. The van der Waals surface area contributed by atoms with Crippen LogP contribution in [0.3, 0.4) is 0 Å². The van der Waals surface area contributed by atoms with Crippen LogP contribution in [0.4, 0.5) is 15.1 Å². The molecule has 2 atom stereocenters. The Labute approximate surface area is 154 Å². The fourth-order valence-electron chi connectivity index (χ4n) is 3.01. The molecule has 0 bridgehead atoms. The number of oxazole rings is 1. The Bertz CT molecular complexity index is 991. The first kappa shape index (κ1) is 17.3. The van der Waals surface area contributed by atoms with Crippen molar-refractivity contribution in [3.8, 4) is 11.3 Å². The minimum Gasteiger partial charge on any atom is -0.441 e. The zero-order valence-corrected chi connectivity index (χ0v) is 14.7. The number of carbonyl (C=O) groups excluding carboxylic acids is 1. The van der Waals surface area contributed by atoms with E-state index in [4.69, 9.17) is 10.2 Å². The lowest BCUT2D eigenvalue weighted by Gasteiger charge is -2.32. The van der Waals surface area contributed by atoms with Gasteiger partial charge in [0.2, 0.25) is 5.95 Å². The summed E-state index contributed by atoms with van der Waals surface area (Å²) >= 11 is 0. The number of piperidine rings is 1. The van der Waals surface area contributed by atoms with E-state index in [9.17, 15) is 9.18 Å². The van der Waals surface area contributed by atoms with Gasteiger partial charge in [0.25, 0.3) is 0 Å². The number of nitrogens with one attached hydrogen (secondary N) is 1. The molecule has 1 aliphatic heterocycles. The van der Waals surface area contributed by atoms with Crippen LogP contribution in [-0.2, 0) is 0 Å². The van der Waals surface area contributed by atoms with Crippen LogP contribution in [0.1, 0.15) is 12.3 Å². The molecule has 2 aromatic heterocycles. The molecule has 4 rings (SSSR count). The summed E-state index contributed by atoms with van der Waals surface area (Å²) in [6.45, 7) is 2.14. The highest BCUT2D eigenvalue weighted by atomic mass is 19.1. The third-order valence-electron chi connectivity index (χ3n) is 4.59. The number of nitrogens with zero attached hydrogens (tertiary/aromatic N) is 4. The molecule has 9 heteroatoms. The Hall–Kier alpha value is -3.07. The molecule has 8 nitrogen and oxygen atoms in total. The monoisotopic (exact) mass is 370 g/mol. The van der Waals surface area contributed by atoms with Gasteiger partial charge in [-0.25, -0.2) is 24.1 Å². The first-order valence-electron chi connectivity index (χ1n) is 8.65. The van der Waals surface area contributed by atoms with Gasteiger partial charge in [0, 0.05) is 36.7 Å². The predicted molar refractivity (Wildman–Crippen MR) is 97.9 cm³/mol. The van der Waals surface area contributed by atoms with E-state index in [1.807, 2.05) is 18.2 Å². The van der Waals surface area contributed by atoms with Crippen LogP contribution in [0.15, 0.2) is 35.0 Å². The topological polar surface area (TPSA) is 110 Å². The Morgan fingerprint density at radius 1 is 1.37 bits per heavy atom. The normalized spacial score (nSPS) is 20.0. The van der Waals surface area contributed by atoms with Crippen molar-refractivity contribution in [3.05, 3.63) is 36.5 Å². The molecule has 2 amide bonds. The average molecular weight is 370 g/mol. The summed E-state index contributed by atoms with van der Waals surface area (Å²) in [6.07, 6.45) is 2.47. The number of anilines is 1. The van der Waals surface area contributed by atoms with E-state index >= 15 is 0 Å². The number of aryl methyl sites for hydroxylation is 1. The SMILES string of the molecule is Cc1ncc(-c2ccc3cnc(NC(=O)N4CC[C@@H](N)[C@H](F)C4)nc3c2)o1. The van der Waals surface area contributed by atoms with Gasteiger partial charge in [0.15, 0.2) is 11.7 Å². The molecule has 1 fully saturated rings. The molecule has 0 unspecified atom stereocenters. The number of hydrogen-bond acceptors (Lipinski definition) is 6. The van der Waals surface area contributed by atoms with Crippen LogP contribution in [-0.4, -0.2) is 51.2 Å². The number of hydrogen-bond donors (Lipinski definition) is 2. The van der Waals surface area contributed by atoms with E-state index in [1.165, 1.54) is 4.90 Å². The molecule has 0 saturated carbocycles. The van der Waals surface area contributed by atoms with Crippen molar-refractivity contribution >= 4 is 22.9 Å². The van der Waals surface area contributed by atoms with Crippen LogP contribution < -0.4 is 11.1 Å². The fourth-order valence-corrected chi connectivity index (χ4v) is 3.01. The number of alkyl halides is 1. The van der Waals surface area contributed by atoms with Gasteiger partial charge >= 0.3 is 6.03 Å². The third-order valence-corrected chi connectivity index (χ3v) is 4.59. The summed E-state index contributed by atoms with van der Waals surface area (Å²) in [5.41, 5.74) is 7.12. The molecule has 0 radical (unpaired) electrons. The van der Waals surface area contributed by atoms with Gasteiger partial charge in [-0.15, -0.1) is 0 Å². The molecule has 140 valence electrons. The van der Waals surface area contributed by atoms with Crippen molar-refractivity contribution in [3.63, 3.8) is 0 Å². The molecule has 3 heterocycles. The lowest BCUT2D eigenvalue weighted by Crippen LogP contribution is -2.51. The standard InChI is InChI=1S/C18H19FN6O2/c1-10-21-8-16(27-10)11-2-3-12-7-22-17(23-15(12)6-11)24-18(26)25-5-4-14(20)13(19)9-25/h2-3,6-8,13-14H,4-5,9,20H2,1H3,(H,22,23,24,26)/t13-,14-/m1/s1. The number of urea groups is 1. The second-order valence-electron chi connectivity index (χ2n) is 6.56. The highest BCUT2D eigenvalue weighted by Gasteiger charge is 2.29. The molecule has 27 heavy (non-hydrogen) atoms. The fraction of sp³-hybridized carbons (Fsp3) is 0.333. The first-order chi connectivity index (χ1) is 13.0. The molecule has 3 aromatic rings. The summed E-state index contributed by atoms with van der Waals surface area (Å²) < 4.78 is 19.3. The quantitative estimate of drug-likeness (QED) is 0.717. The number of rotatable bonds is 2. The van der Waals surface area contributed by atoms with Crippen molar-refractivity contribution < 1.29 is 13.6 Å². The minimum atomic E-state index is -1.23. The highest BCUT2D eigenvalue weighted by Crippen LogP contribution is 2.24. The number of benzene rings is 1. The zero-order valence-electron chi connectivity index (χ0n) is 14.7. The Morgan fingerprint density at radius 2 is 2.22 bits per heavy atom. The van der Waals surface area contributed by atoms with Crippen molar-refractivity contribution in [2.75, 3.05) is 18.4 Å². The van der Waals surface area contributed by atoms with Gasteiger partial charge < -0.3 is 15.1 Å². The Morgan fingerprint density at radius 3 is 2.96 bits per heavy atom. The molecule has 1 aromatic carbocycles. The zero-order chi connectivity index (χ0) is 19.0. The van der Waals surface area contributed by atoms with Crippen LogP contribution >= 0.6 is 0 Å². The second kappa shape index (κ2) is 6.92. The number of fused-ring (bicyclic) bond motifs is 1. The summed E-state index contributed by atoms with van der Waals surface area (Å²) in [5, 5.41) is 3.44. The van der Waals surface area contributed by atoms with Crippen LogP contribution in [0.2, 0.25) is 0 Å². The summed E-state index contributed by atoms with van der Waals surface area (Å²) in [4.78, 5) is 26.4. The first-order valence-corrected chi connectivity index (χ1v) is 8.65. The van der Waals surface area contributed by atoms with Crippen LogP contribution in [0.5, 0.6) is 0 Å². The second-order valence-corrected chi connectivity index (χ2v) is 6.56. The van der Waals surface area contributed by atoms with Gasteiger partial charge in [0.1, 0.15) is 6.17 Å². The highest BCUT2D eigenvalue weighted by molar-refractivity contribution is 5.89. The number of nitrogens with two attached hydrogens (primary N) is 1. The smallest absolute Gasteiger partial charge is 0.324 e. The molecule has 1 aliphatic rings. The number of carbonyl (C=O) groups is 1. The Balaban J connectivity index is 1.54. The van der Waals surface area contributed by atoms with Gasteiger partial charge in [-0.3, -0.25) is 5.32 Å². The molecular formula is C18H19FN6O2. The largest absolute Gasteiger partial charge is 0.441 e. The van der Waals surface area contributed by atoms with E-state index in [2.05, 4.69) is 20.3 Å². The van der Waals surface area contributed by atoms with Gasteiger partial charge in [-0.1, -0.05) is 12.1 Å². The maximum absolute atomic E-state index is 13.8. The number of likely N-dealkylation sites (tertiary alicyclic amines) is 1. The van der Waals surface area contributed by atoms with E-state index in [1.54, 1.807) is 19.3 Å². The van der Waals surface area contributed by atoms with Crippen molar-refractivity contribution in [2.24, 2.45) is 5.73 Å². The molecular weight excluding hydrogens is 351 g/mol. The molecule has 0 spiro atoms. The van der Waals surface area contributed by atoms with E-state index in [-0.39, 0.29) is 12.5 Å². The van der Waals surface area contributed by atoms with E-state index < -0.39 is 18.2 Å². The lowest BCUT2D eigenvalue weighted by atomic mass is 10.0. The van der Waals surface area contributed by atoms with Crippen molar-refractivity contribution in [2.45, 2.75) is 25.6 Å². The Kier molecular flexibility index (Phi) is 4.44. The molecule has 0 aliphatic carbocycles. The third kappa shape index (κ3) is 3.59. The predicted octanol–water partition coefficient (Wildman–Crippen LogP) is 2.50. The number of aromatic nitrogens is 3. The van der Waals surface area contributed by atoms with E-state index in [0.717, 1.165) is 10.9 Å². The van der Waals surface area contributed by atoms with Crippen molar-refractivity contribution in [1.82, 2.24) is 19.9 Å². The average Bonchev–Trinajstić information content (AvgIpc) is 3.09. The van der Waals surface area contributed by atoms with Gasteiger partial charge in [-0.05, 0) is 12.5 Å². The summed E-state index contributed by atoms with van der Waals surface area (Å²) in [6, 6.07) is 4.63. The van der Waals surface area contributed by atoms with Crippen molar-refractivity contribution in [1.29, 1.82) is 0 Å². The van der Waals surface area contributed by atoms with E-state index in [0.29, 0.717) is 30.1 Å². The maximum Gasteiger partial charge on any atom is 0.324 e. The lowest BCUT2D eigenvalue weighted by molar-refractivity contribution is 0.137. The van der Waals surface area contributed by atoms with Gasteiger partial charge in [-0.2, -0.15) is 0 Å². The molecule has 3 N–H and O–H groups in total. The number of amides is 2. The maximum atomic E-state index is 13.8. The summed E-state index contributed by atoms with van der Waals surface area (Å²) in [7, 11) is 0. The van der Waals surface area contributed by atoms with Crippen LogP contribution in [0, 0.1) is 6.92 Å². The van der Waals surface area contributed by atoms with Gasteiger partial charge in [0.05, 0.1) is 18.3 Å². The van der Waals surface area contributed by atoms with Crippen LogP contribution in [0.25, 0.3) is 22.2 Å². The minimum absolute atomic E-state index is 0.0322. The number of halogens is 1.